The molecule has 0 saturated carbocycles. The zero-order valence-corrected chi connectivity index (χ0v) is 24.8. The predicted molar refractivity (Wildman–Crippen MR) is 150 cm³/mol. The van der Waals surface area contributed by atoms with Gasteiger partial charge in [0.05, 0.1) is 0 Å². The lowest BCUT2D eigenvalue weighted by Crippen LogP contribution is -2.41. The van der Waals surface area contributed by atoms with Gasteiger partial charge in [-0.1, -0.05) is 0 Å². The number of carbonyl (C=O) groups excluding carboxylic acids is 2. The second-order valence-electron chi connectivity index (χ2n) is 12.4. The smallest absolute Gasteiger partial charge is 0.410 e. The molecule has 38 heavy (non-hydrogen) atoms. The lowest BCUT2D eigenvalue weighted by atomic mass is 9.96. The summed E-state index contributed by atoms with van der Waals surface area (Å²) in [4.78, 5) is 37.6. The van der Waals surface area contributed by atoms with Crippen molar-refractivity contribution in [3.8, 4) is 0 Å². The van der Waals surface area contributed by atoms with Crippen LogP contribution in [0.25, 0.3) is 0 Å². The molecule has 2 amide bonds. The van der Waals surface area contributed by atoms with Crippen LogP contribution in [0.3, 0.4) is 0 Å². The zero-order valence-electron chi connectivity index (χ0n) is 24.8. The number of nitrogens with zero attached hydrogens (tertiary/aromatic N) is 5. The van der Waals surface area contributed by atoms with Crippen molar-refractivity contribution in [1.82, 2.24) is 25.1 Å². The van der Waals surface area contributed by atoms with E-state index in [0.29, 0.717) is 11.8 Å². The molecule has 10 heteroatoms. The van der Waals surface area contributed by atoms with E-state index in [1.54, 1.807) is 22.3 Å². The molecular formula is C28H50N6O4. The highest BCUT2D eigenvalue weighted by molar-refractivity contribution is 5.68. The summed E-state index contributed by atoms with van der Waals surface area (Å²) in [7, 11) is 3.63. The zero-order chi connectivity index (χ0) is 28.3. The molecule has 1 aromatic rings. The lowest BCUT2D eigenvalue weighted by Gasteiger charge is -2.34. The van der Waals surface area contributed by atoms with Crippen LogP contribution in [0, 0.1) is 11.8 Å². The normalized spacial score (nSPS) is 17.2. The molecule has 216 valence electrons. The predicted octanol–water partition coefficient (Wildman–Crippen LogP) is 4.41. The van der Waals surface area contributed by atoms with E-state index in [-0.39, 0.29) is 12.2 Å². The molecule has 0 spiro atoms. The first-order valence-electron chi connectivity index (χ1n) is 13.8. The second kappa shape index (κ2) is 14.5. The van der Waals surface area contributed by atoms with Gasteiger partial charge in [-0.25, -0.2) is 19.6 Å². The van der Waals surface area contributed by atoms with Crippen LogP contribution < -0.4 is 10.2 Å². The van der Waals surface area contributed by atoms with Crippen LogP contribution >= 0.6 is 0 Å². The summed E-state index contributed by atoms with van der Waals surface area (Å²) in [5, 5.41) is 3.32. The van der Waals surface area contributed by atoms with Crippen LogP contribution in [0.2, 0.25) is 0 Å². The molecule has 2 aliphatic heterocycles. The van der Waals surface area contributed by atoms with Crippen molar-refractivity contribution in [1.29, 1.82) is 0 Å². The van der Waals surface area contributed by atoms with Gasteiger partial charge in [-0.2, -0.15) is 0 Å². The molecule has 1 aromatic heterocycles. The van der Waals surface area contributed by atoms with E-state index in [1.165, 1.54) is 0 Å². The van der Waals surface area contributed by atoms with E-state index in [4.69, 9.17) is 9.47 Å². The Morgan fingerprint density at radius 3 is 1.79 bits per heavy atom. The Balaban J connectivity index is 0.000000281. The standard InChI is InChI=1S/C16H26N4O2.C12H24N2O2/c1-16(2,3)22-15(21)19(4)11-13-6-9-20(10-7-13)14-5-8-17-12-18-14;1-12(2,3)16-11(15)14(4)9-10-5-7-13-8-6-10/h5,8,12-13H,6-7,9-11H2,1-4H3;10,13H,5-9H2,1-4H3. The van der Waals surface area contributed by atoms with Gasteiger partial charge in [0.15, 0.2) is 0 Å². The van der Waals surface area contributed by atoms with Gasteiger partial charge in [-0.05, 0) is 98.2 Å². The molecule has 3 heterocycles. The van der Waals surface area contributed by atoms with Crippen molar-refractivity contribution in [3.63, 3.8) is 0 Å². The number of rotatable bonds is 5. The number of nitrogens with one attached hydrogen (secondary N) is 1. The van der Waals surface area contributed by atoms with Gasteiger partial charge < -0.3 is 29.5 Å². The molecule has 0 unspecified atom stereocenters. The van der Waals surface area contributed by atoms with E-state index in [1.807, 2.05) is 61.7 Å². The van der Waals surface area contributed by atoms with Crippen molar-refractivity contribution in [2.45, 2.75) is 78.4 Å². The van der Waals surface area contributed by atoms with Crippen LogP contribution in [-0.2, 0) is 9.47 Å². The number of anilines is 1. The Morgan fingerprint density at radius 1 is 0.895 bits per heavy atom. The van der Waals surface area contributed by atoms with E-state index in [9.17, 15) is 9.59 Å². The molecular weight excluding hydrogens is 484 g/mol. The highest BCUT2D eigenvalue weighted by Gasteiger charge is 2.25. The molecule has 0 bridgehead atoms. The summed E-state index contributed by atoms with van der Waals surface area (Å²) in [5.41, 5.74) is -0.846. The Labute approximate surface area is 229 Å². The summed E-state index contributed by atoms with van der Waals surface area (Å²) < 4.78 is 10.7. The Bertz CT molecular complexity index is 841. The fraction of sp³-hybridized carbons (Fsp3) is 0.786. The first-order chi connectivity index (χ1) is 17.7. The van der Waals surface area contributed by atoms with Gasteiger partial charge >= 0.3 is 12.2 Å². The number of piperidine rings is 2. The third-order valence-electron chi connectivity index (χ3n) is 6.44. The maximum Gasteiger partial charge on any atom is 0.410 e. The molecule has 0 radical (unpaired) electrons. The number of amides is 2. The summed E-state index contributed by atoms with van der Waals surface area (Å²) in [5.74, 6) is 2.10. The van der Waals surface area contributed by atoms with Crippen LogP contribution in [0.1, 0.15) is 67.2 Å². The van der Waals surface area contributed by atoms with E-state index in [0.717, 1.165) is 70.8 Å². The second-order valence-corrected chi connectivity index (χ2v) is 12.4. The molecule has 2 aliphatic rings. The van der Waals surface area contributed by atoms with Crippen LogP contribution in [0.5, 0.6) is 0 Å². The van der Waals surface area contributed by atoms with Crippen molar-refractivity contribution >= 4 is 18.0 Å². The molecule has 2 saturated heterocycles. The first kappa shape index (κ1) is 31.6. The minimum absolute atomic E-state index is 0.217. The topological polar surface area (TPSA) is 100 Å². The molecule has 2 fully saturated rings. The van der Waals surface area contributed by atoms with Crippen molar-refractivity contribution in [3.05, 3.63) is 18.6 Å². The summed E-state index contributed by atoms with van der Waals surface area (Å²) in [6, 6.07) is 1.94. The van der Waals surface area contributed by atoms with E-state index in [2.05, 4.69) is 20.2 Å². The summed E-state index contributed by atoms with van der Waals surface area (Å²) in [6.07, 6.45) is 7.29. The number of ether oxygens (including phenoxy) is 2. The molecule has 0 aromatic carbocycles. The maximum atomic E-state index is 12.0. The SMILES string of the molecule is CN(CC1CCN(c2ccncn2)CC1)C(=O)OC(C)(C)C.CN(CC1CCNCC1)C(=O)OC(C)(C)C. The minimum Gasteiger partial charge on any atom is -0.444 e. The quantitative estimate of drug-likeness (QED) is 0.593. The Kier molecular flexibility index (Phi) is 12.1. The number of aromatic nitrogens is 2. The molecule has 10 nitrogen and oxygen atoms in total. The average Bonchev–Trinajstić information content (AvgIpc) is 2.84. The molecule has 0 atom stereocenters. The fourth-order valence-corrected chi connectivity index (χ4v) is 4.48. The van der Waals surface area contributed by atoms with Gasteiger partial charge in [0.25, 0.3) is 0 Å². The number of hydrogen-bond donors (Lipinski definition) is 1. The van der Waals surface area contributed by atoms with Crippen molar-refractivity contribution < 1.29 is 19.1 Å². The van der Waals surface area contributed by atoms with Crippen LogP contribution in [0.4, 0.5) is 15.4 Å². The summed E-state index contributed by atoms with van der Waals surface area (Å²) >= 11 is 0. The largest absolute Gasteiger partial charge is 0.444 e. The van der Waals surface area contributed by atoms with Crippen molar-refractivity contribution in [2.75, 3.05) is 58.3 Å². The van der Waals surface area contributed by atoms with Gasteiger partial charge in [-0.3, -0.25) is 0 Å². The number of carbonyl (C=O) groups is 2. The van der Waals surface area contributed by atoms with E-state index < -0.39 is 11.2 Å². The first-order valence-corrected chi connectivity index (χ1v) is 13.8. The molecule has 1 N–H and O–H groups in total. The third-order valence-corrected chi connectivity index (χ3v) is 6.44. The monoisotopic (exact) mass is 534 g/mol. The average molecular weight is 535 g/mol. The minimum atomic E-state index is -0.443. The third kappa shape index (κ3) is 12.3. The van der Waals surface area contributed by atoms with Gasteiger partial charge in [0.2, 0.25) is 0 Å². The van der Waals surface area contributed by atoms with Gasteiger partial charge in [-0.15, -0.1) is 0 Å². The maximum absolute atomic E-state index is 12.0. The number of hydrogen-bond acceptors (Lipinski definition) is 8. The fourth-order valence-electron chi connectivity index (χ4n) is 4.48. The highest BCUT2D eigenvalue weighted by atomic mass is 16.6. The summed E-state index contributed by atoms with van der Waals surface area (Å²) in [6.45, 7) is 16.9. The Hall–Kier alpha value is -2.62. The van der Waals surface area contributed by atoms with Crippen molar-refractivity contribution in [2.24, 2.45) is 11.8 Å². The molecule has 0 aliphatic carbocycles. The van der Waals surface area contributed by atoms with Gasteiger partial charge in [0, 0.05) is 46.5 Å². The lowest BCUT2D eigenvalue weighted by molar-refractivity contribution is 0.0256. The molecule has 3 rings (SSSR count). The highest BCUT2D eigenvalue weighted by Crippen LogP contribution is 2.22. The van der Waals surface area contributed by atoms with Crippen LogP contribution in [-0.4, -0.2) is 96.5 Å². The van der Waals surface area contributed by atoms with E-state index >= 15 is 0 Å². The van der Waals surface area contributed by atoms with Crippen LogP contribution in [0.15, 0.2) is 18.6 Å². The Morgan fingerprint density at radius 2 is 1.37 bits per heavy atom. The van der Waals surface area contributed by atoms with Gasteiger partial charge in [0.1, 0.15) is 23.3 Å².